The number of thiol groups is 1. The standard InChI is InChI=1S/C12H26S2/c1-9(12(6,7)13)8-14-10(2)11(3,4)5/h9-10,13H,8H2,1-7H3. The molecule has 2 unspecified atom stereocenters. The Hall–Kier alpha value is 0.700. The molecule has 0 aliphatic heterocycles. The van der Waals surface area contributed by atoms with Gasteiger partial charge in [0.05, 0.1) is 0 Å². The van der Waals surface area contributed by atoms with Crippen LogP contribution in [0.1, 0.15) is 48.5 Å². The molecule has 0 radical (unpaired) electrons. The third kappa shape index (κ3) is 5.55. The minimum Gasteiger partial charge on any atom is -0.173 e. The van der Waals surface area contributed by atoms with Crippen molar-refractivity contribution in [1.82, 2.24) is 0 Å². The summed E-state index contributed by atoms with van der Waals surface area (Å²) >= 11 is 6.68. The lowest BCUT2D eigenvalue weighted by Gasteiger charge is -2.31. The summed E-state index contributed by atoms with van der Waals surface area (Å²) in [6, 6.07) is 0. The Morgan fingerprint density at radius 3 is 1.79 bits per heavy atom. The summed E-state index contributed by atoms with van der Waals surface area (Å²) in [5.74, 6) is 1.86. The summed E-state index contributed by atoms with van der Waals surface area (Å²) in [7, 11) is 0. The summed E-state index contributed by atoms with van der Waals surface area (Å²) in [5.41, 5.74) is 0.408. The smallest absolute Gasteiger partial charge is 0.0107 e. The van der Waals surface area contributed by atoms with Crippen molar-refractivity contribution in [2.75, 3.05) is 5.75 Å². The van der Waals surface area contributed by atoms with Gasteiger partial charge in [-0.3, -0.25) is 0 Å². The minimum absolute atomic E-state index is 0.143. The van der Waals surface area contributed by atoms with Crippen LogP contribution in [0.15, 0.2) is 0 Å². The predicted octanol–water partition coefficient (Wildman–Crippen LogP) is 4.50. The van der Waals surface area contributed by atoms with Crippen molar-refractivity contribution < 1.29 is 0 Å². The van der Waals surface area contributed by atoms with Gasteiger partial charge in [0.1, 0.15) is 0 Å². The molecule has 2 heteroatoms. The average Bonchev–Trinajstić information content (AvgIpc) is 1.95. The summed E-state index contributed by atoms with van der Waals surface area (Å²) in [4.78, 5) is 0. The molecule has 0 rings (SSSR count). The fraction of sp³-hybridized carbons (Fsp3) is 1.00. The van der Waals surface area contributed by atoms with Crippen LogP contribution in [-0.2, 0) is 0 Å². The number of hydrogen-bond acceptors (Lipinski definition) is 2. The molecule has 0 aromatic rings. The maximum atomic E-state index is 4.61. The Morgan fingerprint density at radius 2 is 1.50 bits per heavy atom. The van der Waals surface area contributed by atoms with E-state index in [9.17, 15) is 0 Å². The minimum atomic E-state index is 0.143. The van der Waals surface area contributed by atoms with Crippen LogP contribution < -0.4 is 0 Å². The second kappa shape index (κ2) is 5.16. The van der Waals surface area contributed by atoms with Gasteiger partial charge in [0.2, 0.25) is 0 Å². The first-order chi connectivity index (χ1) is 6.05. The van der Waals surface area contributed by atoms with E-state index in [1.54, 1.807) is 0 Å². The normalized spacial score (nSPS) is 18.0. The van der Waals surface area contributed by atoms with Crippen LogP contribution >= 0.6 is 24.4 Å². The van der Waals surface area contributed by atoms with E-state index in [1.165, 1.54) is 5.75 Å². The fourth-order valence-corrected chi connectivity index (χ4v) is 2.45. The predicted molar refractivity (Wildman–Crippen MR) is 73.6 cm³/mol. The van der Waals surface area contributed by atoms with Gasteiger partial charge in [0, 0.05) is 10.00 Å². The van der Waals surface area contributed by atoms with Crippen LogP contribution in [0.25, 0.3) is 0 Å². The van der Waals surface area contributed by atoms with E-state index in [2.05, 4.69) is 72.9 Å². The first-order valence-corrected chi connectivity index (χ1v) is 6.88. The van der Waals surface area contributed by atoms with E-state index in [4.69, 9.17) is 0 Å². The summed E-state index contributed by atoms with van der Waals surface area (Å²) < 4.78 is 0.143. The molecule has 0 bridgehead atoms. The lowest BCUT2D eigenvalue weighted by atomic mass is 9.93. The largest absolute Gasteiger partial charge is 0.173 e. The zero-order valence-electron chi connectivity index (χ0n) is 10.7. The molecule has 0 fully saturated rings. The number of rotatable bonds is 4. The molecule has 0 nitrogen and oxygen atoms in total. The molecule has 0 saturated heterocycles. The van der Waals surface area contributed by atoms with Gasteiger partial charge in [-0.15, -0.1) is 0 Å². The second-order valence-corrected chi connectivity index (χ2v) is 8.42. The van der Waals surface area contributed by atoms with Crippen LogP contribution in [0, 0.1) is 11.3 Å². The molecule has 86 valence electrons. The molecule has 0 saturated carbocycles. The van der Waals surface area contributed by atoms with E-state index in [1.807, 2.05) is 0 Å². The first-order valence-electron chi connectivity index (χ1n) is 5.39. The molecular weight excluding hydrogens is 208 g/mol. The summed E-state index contributed by atoms with van der Waals surface area (Å²) in [6.07, 6.45) is 0. The Bertz CT molecular complexity index is 142. The topological polar surface area (TPSA) is 0 Å². The third-order valence-electron chi connectivity index (χ3n) is 3.02. The highest BCUT2D eigenvalue weighted by atomic mass is 32.2. The molecule has 14 heavy (non-hydrogen) atoms. The van der Waals surface area contributed by atoms with Crippen molar-refractivity contribution in [3.63, 3.8) is 0 Å². The van der Waals surface area contributed by atoms with Crippen LogP contribution in [-0.4, -0.2) is 15.7 Å². The Labute approximate surface area is 100 Å². The van der Waals surface area contributed by atoms with Gasteiger partial charge in [-0.25, -0.2) is 0 Å². The Morgan fingerprint density at radius 1 is 1.07 bits per heavy atom. The van der Waals surface area contributed by atoms with E-state index in [0.29, 0.717) is 16.6 Å². The molecule has 0 aliphatic rings. The molecule has 0 aliphatic carbocycles. The van der Waals surface area contributed by atoms with E-state index < -0.39 is 0 Å². The molecule has 0 heterocycles. The highest BCUT2D eigenvalue weighted by Crippen LogP contribution is 2.34. The molecule has 0 N–H and O–H groups in total. The van der Waals surface area contributed by atoms with Crippen LogP contribution in [0.4, 0.5) is 0 Å². The maximum absolute atomic E-state index is 4.61. The van der Waals surface area contributed by atoms with Gasteiger partial charge in [-0.2, -0.15) is 24.4 Å². The SMILES string of the molecule is CC(SCC(C)C(C)(C)S)C(C)(C)C. The lowest BCUT2D eigenvalue weighted by molar-refractivity contribution is 0.409. The van der Waals surface area contributed by atoms with Crippen LogP contribution in [0.5, 0.6) is 0 Å². The van der Waals surface area contributed by atoms with E-state index >= 15 is 0 Å². The van der Waals surface area contributed by atoms with Gasteiger partial charge in [0.25, 0.3) is 0 Å². The molecule has 2 atom stereocenters. The Balaban J connectivity index is 3.96. The molecular formula is C12H26S2. The monoisotopic (exact) mass is 234 g/mol. The van der Waals surface area contributed by atoms with Crippen molar-refractivity contribution in [3.8, 4) is 0 Å². The van der Waals surface area contributed by atoms with Crippen LogP contribution in [0.3, 0.4) is 0 Å². The molecule has 0 aromatic heterocycles. The molecule has 0 amide bonds. The van der Waals surface area contributed by atoms with Crippen molar-refractivity contribution in [2.45, 2.75) is 58.5 Å². The summed E-state index contributed by atoms with van der Waals surface area (Å²) in [5, 5.41) is 0.709. The van der Waals surface area contributed by atoms with Gasteiger partial charge in [-0.1, -0.05) is 48.5 Å². The number of hydrogen-bond donors (Lipinski definition) is 1. The van der Waals surface area contributed by atoms with E-state index in [0.717, 1.165) is 0 Å². The van der Waals surface area contributed by atoms with Crippen molar-refractivity contribution in [2.24, 2.45) is 11.3 Å². The Kier molecular flexibility index (Phi) is 5.41. The molecule has 0 aromatic carbocycles. The van der Waals surface area contributed by atoms with Gasteiger partial charge in [0.15, 0.2) is 0 Å². The number of thioether (sulfide) groups is 1. The van der Waals surface area contributed by atoms with Gasteiger partial charge < -0.3 is 0 Å². The van der Waals surface area contributed by atoms with Crippen LogP contribution in [0.2, 0.25) is 0 Å². The van der Waals surface area contributed by atoms with E-state index in [-0.39, 0.29) is 4.75 Å². The highest BCUT2D eigenvalue weighted by molar-refractivity contribution is 7.99. The molecule has 0 spiro atoms. The van der Waals surface area contributed by atoms with Crippen molar-refractivity contribution in [3.05, 3.63) is 0 Å². The van der Waals surface area contributed by atoms with Gasteiger partial charge in [-0.05, 0) is 17.1 Å². The average molecular weight is 234 g/mol. The zero-order valence-corrected chi connectivity index (χ0v) is 12.4. The second-order valence-electron chi connectivity index (χ2n) is 5.90. The maximum Gasteiger partial charge on any atom is 0.0107 e. The van der Waals surface area contributed by atoms with Gasteiger partial charge >= 0.3 is 0 Å². The first kappa shape index (κ1) is 14.7. The fourth-order valence-electron chi connectivity index (χ4n) is 0.743. The third-order valence-corrected chi connectivity index (χ3v) is 5.36. The highest BCUT2D eigenvalue weighted by Gasteiger charge is 2.25. The summed E-state index contributed by atoms with van der Waals surface area (Å²) in [6.45, 7) is 15.9. The van der Waals surface area contributed by atoms with Crippen molar-refractivity contribution in [1.29, 1.82) is 0 Å². The quantitative estimate of drug-likeness (QED) is 0.699. The lowest BCUT2D eigenvalue weighted by Crippen LogP contribution is -2.27. The zero-order chi connectivity index (χ0) is 11.6. The van der Waals surface area contributed by atoms with Crippen molar-refractivity contribution >= 4 is 24.4 Å².